The number of benzene rings is 2. The predicted octanol–water partition coefficient (Wildman–Crippen LogP) is 5.29. The van der Waals surface area contributed by atoms with Crippen molar-refractivity contribution in [1.82, 2.24) is 0 Å². The Hall–Kier alpha value is -1.81. The summed E-state index contributed by atoms with van der Waals surface area (Å²) in [5.41, 5.74) is 4.88. The highest BCUT2D eigenvalue weighted by Crippen LogP contribution is 2.27. The van der Waals surface area contributed by atoms with Crippen LogP contribution in [-0.2, 0) is 0 Å². The number of anilines is 1. The largest absolute Gasteiger partial charge is 0.417 e. The molecule has 0 saturated carbocycles. The SMILES string of the molecule is Cc1cc(OC(=O)Nc2c(C)cccc2C)cc(C)c1Br. The highest BCUT2D eigenvalue weighted by Gasteiger charge is 2.11. The van der Waals surface area contributed by atoms with E-state index in [0.29, 0.717) is 5.75 Å². The molecule has 21 heavy (non-hydrogen) atoms. The van der Waals surface area contributed by atoms with Gasteiger partial charge in [-0.25, -0.2) is 4.79 Å². The lowest BCUT2D eigenvalue weighted by molar-refractivity contribution is 0.215. The van der Waals surface area contributed by atoms with Gasteiger partial charge in [0.05, 0.1) is 0 Å². The second-order valence-electron chi connectivity index (χ2n) is 5.15. The van der Waals surface area contributed by atoms with Crippen LogP contribution in [0, 0.1) is 27.7 Å². The molecule has 1 amide bonds. The smallest absolute Gasteiger partial charge is 0.410 e. The van der Waals surface area contributed by atoms with E-state index >= 15 is 0 Å². The van der Waals surface area contributed by atoms with E-state index in [0.717, 1.165) is 32.4 Å². The molecule has 0 heterocycles. The first-order valence-electron chi connectivity index (χ1n) is 6.70. The Morgan fingerprint density at radius 3 is 2.05 bits per heavy atom. The number of nitrogens with one attached hydrogen (secondary N) is 1. The number of hydrogen-bond acceptors (Lipinski definition) is 2. The van der Waals surface area contributed by atoms with Crippen molar-refractivity contribution in [2.45, 2.75) is 27.7 Å². The molecule has 110 valence electrons. The Labute approximate surface area is 133 Å². The van der Waals surface area contributed by atoms with Crippen LogP contribution >= 0.6 is 15.9 Å². The van der Waals surface area contributed by atoms with Crippen LogP contribution in [0.5, 0.6) is 5.75 Å². The molecule has 0 spiro atoms. The molecule has 4 heteroatoms. The van der Waals surface area contributed by atoms with Crippen LogP contribution < -0.4 is 10.1 Å². The summed E-state index contributed by atoms with van der Waals surface area (Å²) in [7, 11) is 0. The lowest BCUT2D eigenvalue weighted by Gasteiger charge is -2.12. The highest BCUT2D eigenvalue weighted by molar-refractivity contribution is 9.10. The first kappa shape index (κ1) is 15.6. The number of carbonyl (C=O) groups excluding carboxylic acids is 1. The van der Waals surface area contributed by atoms with E-state index in [1.54, 1.807) is 0 Å². The molecule has 2 aromatic carbocycles. The minimum absolute atomic E-state index is 0.478. The summed E-state index contributed by atoms with van der Waals surface area (Å²) in [6.45, 7) is 7.84. The maximum atomic E-state index is 12.0. The van der Waals surface area contributed by atoms with Gasteiger partial charge in [0.25, 0.3) is 0 Å². The van der Waals surface area contributed by atoms with Crippen LogP contribution in [0.25, 0.3) is 0 Å². The van der Waals surface area contributed by atoms with Gasteiger partial charge in [-0.05, 0) is 62.1 Å². The van der Waals surface area contributed by atoms with Crippen LogP contribution in [0.1, 0.15) is 22.3 Å². The average Bonchev–Trinajstić information content (AvgIpc) is 2.40. The van der Waals surface area contributed by atoms with Crippen LogP contribution in [0.3, 0.4) is 0 Å². The molecule has 0 aromatic heterocycles. The number of halogens is 1. The van der Waals surface area contributed by atoms with Crippen molar-refractivity contribution in [3.63, 3.8) is 0 Å². The molecular weight excluding hydrogens is 330 g/mol. The van der Waals surface area contributed by atoms with Crippen molar-refractivity contribution in [2.75, 3.05) is 5.32 Å². The molecule has 0 aliphatic heterocycles. The van der Waals surface area contributed by atoms with Crippen LogP contribution in [0.4, 0.5) is 10.5 Å². The monoisotopic (exact) mass is 347 g/mol. The number of carbonyl (C=O) groups is 1. The molecule has 0 fully saturated rings. The van der Waals surface area contributed by atoms with Gasteiger partial charge < -0.3 is 4.74 Å². The average molecular weight is 348 g/mol. The predicted molar refractivity (Wildman–Crippen MR) is 89.2 cm³/mol. The number of amides is 1. The molecule has 0 unspecified atom stereocenters. The molecule has 3 nitrogen and oxygen atoms in total. The van der Waals surface area contributed by atoms with Crippen molar-refractivity contribution in [3.05, 3.63) is 57.1 Å². The van der Waals surface area contributed by atoms with E-state index in [1.165, 1.54) is 0 Å². The first-order chi connectivity index (χ1) is 9.88. The fourth-order valence-electron chi connectivity index (χ4n) is 2.21. The van der Waals surface area contributed by atoms with Crippen LogP contribution in [0.2, 0.25) is 0 Å². The first-order valence-corrected chi connectivity index (χ1v) is 7.49. The lowest BCUT2D eigenvalue weighted by Crippen LogP contribution is -2.18. The van der Waals surface area contributed by atoms with E-state index in [9.17, 15) is 4.79 Å². The second kappa shape index (κ2) is 6.31. The Morgan fingerprint density at radius 2 is 1.52 bits per heavy atom. The number of aryl methyl sites for hydroxylation is 4. The van der Waals surface area contributed by atoms with E-state index in [4.69, 9.17) is 4.74 Å². The van der Waals surface area contributed by atoms with Gasteiger partial charge in [-0.15, -0.1) is 0 Å². The van der Waals surface area contributed by atoms with Crippen molar-refractivity contribution in [2.24, 2.45) is 0 Å². The normalized spacial score (nSPS) is 10.3. The third-order valence-corrected chi connectivity index (χ3v) is 4.58. The summed E-state index contributed by atoms with van der Waals surface area (Å²) in [6.07, 6.45) is -0.478. The van der Waals surface area contributed by atoms with Crippen molar-refractivity contribution in [1.29, 1.82) is 0 Å². The van der Waals surface area contributed by atoms with Crippen molar-refractivity contribution >= 4 is 27.7 Å². The Balaban J connectivity index is 2.16. The topological polar surface area (TPSA) is 38.3 Å². The van der Waals surface area contributed by atoms with Gasteiger partial charge >= 0.3 is 6.09 Å². The minimum Gasteiger partial charge on any atom is -0.410 e. The zero-order valence-corrected chi connectivity index (χ0v) is 14.2. The molecule has 2 aromatic rings. The summed E-state index contributed by atoms with van der Waals surface area (Å²) in [4.78, 5) is 12.0. The van der Waals surface area contributed by atoms with Crippen LogP contribution in [-0.4, -0.2) is 6.09 Å². The highest BCUT2D eigenvalue weighted by atomic mass is 79.9. The Kier molecular flexibility index (Phi) is 4.68. The van der Waals surface area contributed by atoms with E-state index < -0.39 is 6.09 Å². The molecule has 0 aliphatic carbocycles. The zero-order chi connectivity index (χ0) is 15.6. The van der Waals surface area contributed by atoms with Crippen LogP contribution in [0.15, 0.2) is 34.8 Å². The third-order valence-electron chi connectivity index (χ3n) is 3.33. The summed E-state index contributed by atoms with van der Waals surface area (Å²) in [6, 6.07) is 9.54. The van der Waals surface area contributed by atoms with Crippen molar-refractivity contribution in [3.8, 4) is 5.75 Å². The van der Waals surface area contributed by atoms with Gasteiger partial charge in [0.2, 0.25) is 0 Å². The summed E-state index contributed by atoms with van der Waals surface area (Å²) in [5.74, 6) is 0.539. The fourth-order valence-corrected chi connectivity index (χ4v) is 2.44. The maximum absolute atomic E-state index is 12.0. The van der Waals surface area contributed by atoms with E-state index in [2.05, 4.69) is 21.2 Å². The minimum atomic E-state index is -0.478. The number of rotatable bonds is 2. The van der Waals surface area contributed by atoms with Crippen molar-refractivity contribution < 1.29 is 9.53 Å². The molecule has 0 radical (unpaired) electrons. The Morgan fingerprint density at radius 1 is 1.00 bits per heavy atom. The van der Waals surface area contributed by atoms with Gasteiger partial charge in [0.1, 0.15) is 5.75 Å². The summed E-state index contributed by atoms with van der Waals surface area (Å²) >= 11 is 3.50. The standard InChI is InChI=1S/C17H18BrNO2/c1-10-6-5-7-11(2)16(10)19-17(20)21-14-8-12(3)15(18)13(4)9-14/h5-9H,1-4H3,(H,19,20). The third kappa shape index (κ3) is 3.64. The molecule has 0 aliphatic rings. The van der Waals surface area contributed by atoms with Gasteiger partial charge in [-0.1, -0.05) is 34.1 Å². The van der Waals surface area contributed by atoms with Gasteiger partial charge in [-0.3, -0.25) is 5.32 Å². The molecule has 2 rings (SSSR count). The van der Waals surface area contributed by atoms with Gasteiger partial charge in [0, 0.05) is 10.2 Å². The lowest BCUT2D eigenvalue weighted by atomic mass is 10.1. The van der Waals surface area contributed by atoms with Gasteiger partial charge in [0.15, 0.2) is 0 Å². The summed E-state index contributed by atoms with van der Waals surface area (Å²) < 4.78 is 6.41. The van der Waals surface area contributed by atoms with E-state index in [-0.39, 0.29) is 0 Å². The fraction of sp³-hybridized carbons (Fsp3) is 0.235. The summed E-state index contributed by atoms with van der Waals surface area (Å²) in [5, 5.41) is 2.81. The zero-order valence-electron chi connectivity index (χ0n) is 12.6. The number of para-hydroxylation sites is 1. The molecular formula is C17H18BrNO2. The molecule has 1 N–H and O–H groups in total. The van der Waals surface area contributed by atoms with Gasteiger partial charge in [-0.2, -0.15) is 0 Å². The van der Waals surface area contributed by atoms with E-state index in [1.807, 2.05) is 58.0 Å². The molecule has 0 bridgehead atoms. The maximum Gasteiger partial charge on any atom is 0.417 e. The quantitative estimate of drug-likeness (QED) is 0.800. The molecule has 0 saturated heterocycles. The second-order valence-corrected chi connectivity index (χ2v) is 5.95. The number of ether oxygens (including phenoxy) is 1. The number of hydrogen-bond donors (Lipinski definition) is 1. The Bertz CT molecular complexity index is 652. The molecule has 0 atom stereocenters.